The summed E-state index contributed by atoms with van der Waals surface area (Å²) in [6.07, 6.45) is 2.42. The summed E-state index contributed by atoms with van der Waals surface area (Å²) < 4.78 is 0. The summed E-state index contributed by atoms with van der Waals surface area (Å²) in [6.45, 7) is 4.07. The molecule has 1 aromatic rings. The Hall–Kier alpha value is -1.13. The van der Waals surface area contributed by atoms with Crippen molar-refractivity contribution in [2.75, 3.05) is 18.4 Å². The number of rotatable bonds is 1. The molecule has 0 saturated carbocycles. The summed E-state index contributed by atoms with van der Waals surface area (Å²) >= 11 is 5.34. The monoisotopic (exact) mass is 235 g/mol. The standard InChI is InChI=1S/C12H17N3S/c1-10-4-6-11(7-5-10)14-12(16)15-9-3-2-8-13-15/h4-7,13H,2-3,8-9H2,1H3,(H,14,16). The molecule has 2 rings (SSSR count). The number of benzene rings is 1. The zero-order valence-corrected chi connectivity index (χ0v) is 10.3. The molecule has 0 spiro atoms. The Morgan fingerprint density at radius 3 is 2.69 bits per heavy atom. The molecule has 3 nitrogen and oxygen atoms in total. The Kier molecular flexibility index (Phi) is 3.74. The molecule has 0 unspecified atom stereocenters. The van der Waals surface area contributed by atoms with E-state index in [0.717, 1.165) is 23.9 Å². The molecule has 1 fully saturated rings. The van der Waals surface area contributed by atoms with E-state index in [2.05, 4.69) is 29.8 Å². The van der Waals surface area contributed by atoms with Crippen molar-refractivity contribution >= 4 is 23.0 Å². The van der Waals surface area contributed by atoms with Gasteiger partial charge >= 0.3 is 0 Å². The minimum Gasteiger partial charge on any atom is -0.332 e. The van der Waals surface area contributed by atoms with Crippen molar-refractivity contribution in [3.05, 3.63) is 29.8 Å². The van der Waals surface area contributed by atoms with Crippen LogP contribution in [0.15, 0.2) is 24.3 Å². The van der Waals surface area contributed by atoms with Crippen molar-refractivity contribution in [2.24, 2.45) is 0 Å². The van der Waals surface area contributed by atoms with Crippen molar-refractivity contribution in [1.29, 1.82) is 0 Å². The molecule has 86 valence electrons. The molecule has 2 N–H and O–H groups in total. The van der Waals surface area contributed by atoms with E-state index in [9.17, 15) is 0 Å². The summed E-state index contributed by atoms with van der Waals surface area (Å²) in [5.74, 6) is 0. The van der Waals surface area contributed by atoms with Gasteiger partial charge in [0.2, 0.25) is 0 Å². The molecule has 0 amide bonds. The van der Waals surface area contributed by atoms with Crippen LogP contribution in [0.1, 0.15) is 18.4 Å². The first kappa shape index (κ1) is 11.4. The van der Waals surface area contributed by atoms with Gasteiger partial charge < -0.3 is 5.32 Å². The summed E-state index contributed by atoms with van der Waals surface area (Å²) in [5.41, 5.74) is 5.58. The van der Waals surface area contributed by atoms with Crippen LogP contribution in [0.5, 0.6) is 0 Å². The molecular weight excluding hydrogens is 218 g/mol. The van der Waals surface area contributed by atoms with Gasteiger partial charge in [-0.15, -0.1) is 0 Å². The maximum atomic E-state index is 5.34. The topological polar surface area (TPSA) is 27.3 Å². The highest BCUT2D eigenvalue weighted by molar-refractivity contribution is 7.80. The summed E-state index contributed by atoms with van der Waals surface area (Å²) in [5, 5.41) is 6.00. The first-order chi connectivity index (χ1) is 7.75. The molecule has 0 aromatic heterocycles. The van der Waals surface area contributed by atoms with E-state index in [4.69, 9.17) is 12.2 Å². The van der Waals surface area contributed by atoms with E-state index in [1.807, 2.05) is 17.1 Å². The quantitative estimate of drug-likeness (QED) is 0.730. The summed E-state index contributed by atoms with van der Waals surface area (Å²) in [6, 6.07) is 8.25. The fourth-order valence-corrected chi connectivity index (χ4v) is 1.96. The van der Waals surface area contributed by atoms with E-state index in [-0.39, 0.29) is 0 Å². The highest BCUT2D eigenvalue weighted by Gasteiger charge is 2.12. The van der Waals surface area contributed by atoms with Crippen molar-refractivity contribution in [2.45, 2.75) is 19.8 Å². The third kappa shape index (κ3) is 2.93. The molecule has 1 aliphatic heterocycles. The highest BCUT2D eigenvalue weighted by atomic mass is 32.1. The van der Waals surface area contributed by atoms with Gasteiger partial charge in [-0.1, -0.05) is 17.7 Å². The molecule has 1 saturated heterocycles. The van der Waals surface area contributed by atoms with Crippen molar-refractivity contribution in [1.82, 2.24) is 10.4 Å². The largest absolute Gasteiger partial charge is 0.332 e. The van der Waals surface area contributed by atoms with Crippen LogP contribution in [-0.2, 0) is 0 Å². The minimum atomic E-state index is 0.753. The number of aryl methyl sites for hydroxylation is 1. The number of hydrogen-bond acceptors (Lipinski definition) is 2. The third-order valence-corrected chi connectivity index (χ3v) is 2.98. The predicted octanol–water partition coefficient (Wildman–Crippen LogP) is 2.29. The van der Waals surface area contributed by atoms with E-state index in [1.165, 1.54) is 18.4 Å². The molecule has 16 heavy (non-hydrogen) atoms. The molecule has 1 aromatic carbocycles. The molecule has 0 bridgehead atoms. The van der Waals surface area contributed by atoms with Crippen molar-refractivity contribution in [3.8, 4) is 0 Å². The Morgan fingerprint density at radius 1 is 1.31 bits per heavy atom. The second kappa shape index (κ2) is 5.27. The van der Waals surface area contributed by atoms with Gasteiger partial charge in [-0.05, 0) is 44.1 Å². The van der Waals surface area contributed by atoms with Crippen LogP contribution in [0.2, 0.25) is 0 Å². The lowest BCUT2D eigenvalue weighted by Crippen LogP contribution is -2.48. The van der Waals surface area contributed by atoms with Gasteiger partial charge in [-0.25, -0.2) is 5.43 Å². The number of anilines is 1. The lowest BCUT2D eigenvalue weighted by molar-refractivity contribution is 0.261. The predicted molar refractivity (Wildman–Crippen MR) is 71.3 cm³/mol. The first-order valence-corrected chi connectivity index (χ1v) is 6.05. The zero-order valence-electron chi connectivity index (χ0n) is 9.49. The average molecular weight is 235 g/mol. The summed E-state index contributed by atoms with van der Waals surface area (Å²) in [4.78, 5) is 0. The lowest BCUT2D eigenvalue weighted by Gasteiger charge is -2.30. The lowest BCUT2D eigenvalue weighted by atomic mass is 10.2. The normalized spacial score (nSPS) is 15.9. The number of thiocarbonyl (C=S) groups is 1. The number of hydrogen-bond donors (Lipinski definition) is 2. The van der Waals surface area contributed by atoms with Crippen LogP contribution in [-0.4, -0.2) is 23.2 Å². The molecule has 0 radical (unpaired) electrons. The van der Waals surface area contributed by atoms with E-state index < -0.39 is 0 Å². The average Bonchev–Trinajstić information content (AvgIpc) is 2.33. The maximum Gasteiger partial charge on any atom is 0.187 e. The van der Waals surface area contributed by atoms with Gasteiger partial charge in [0.1, 0.15) is 0 Å². The highest BCUT2D eigenvalue weighted by Crippen LogP contribution is 2.10. The fraction of sp³-hybridized carbons (Fsp3) is 0.417. The number of nitrogens with one attached hydrogen (secondary N) is 2. The second-order valence-corrected chi connectivity index (χ2v) is 4.45. The molecule has 0 atom stereocenters. The Labute approximate surface area is 102 Å². The van der Waals surface area contributed by atoms with Gasteiger partial charge in [0.15, 0.2) is 5.11 Å². The van der Waals surface area contributed by atoms with Crippen LogP contribution >= 0.6 is 12.2 Å². The SMILES string of the molecule is Cc1ccc(NC(=S)N2CCCCN2)cc1. The van der Waals surface area contributed by atoms with Crippen molar-refractivity contribution < 1.29 is 0 Å². The molecular formula is C12H17N3S. The van der Waals surface area contributed by atoms with Crippen LogP contribution in [0, 0.1) is 6.92 Å². The fourth-order valence-electron chi connectivity index (χ4n) is 1.69. The minimum absolute atomic E-state index is 0.753. The molecule has 1 heterocycles. The van der Waals surface area contributed by atoms with Gasteiger partial charge in [-0.3, -0.25) is 5.01 Å². The Bertz CT molecular complexity index is 355. The van der Waals surface area contributed by atoms with E-state index in [1.54, 1.807) is 0 Å². The maximum absolute atomic E-state index is 5.34. The Balaban J connectivity index is 1.93. The Morgan fingerprint density at radius 2 is 2.06 bits per heavy atom. The van der Waals surface area contributed by atoms with E-state index in [0.29, 0.717) is 0 Å². The van der Waals surface area contributed by atoms with Crippen LogP contribution < -0.4 is 10.7 Å². The van der Waals surface area contributed by atoms with Gasteiger partial charge in [-0.2, -0.15) is 0 Å². The number of hydrazine groups is 1. The molecule has 4 heteroatoms. The van der Waals surface area contributed by atoms with Gasteiger partial charge in [0.25, 0.3) is 0 Å². The zero-order chi connectivity index (χ0) is 11.4. The third-order valence-electron chi connectivity index (χ3n) is 2.66. The van der Waals surface area contributed by atoms with Crippen LogP contribution in [0.25, 0.3) is 0 Å². The van der Waals surface area contributed by atoms with Crippen molar-refractivity contribution in [3.63, 3.8) is 0 Å². The van der Waals surface area contributed by atoms with E-state index >= 15 is 0 Å². The van der Waals surface area contributed by atoms with Crippen LogP contribution in [0.3, 0.4) is 0 Å². The smallest absolute Gasteiger partial charge is 0.187 e. The van der Waals surface area contributed by atoms with Crippen LogP contribution in [0.4, 0.5) is 5.69 Å². The first-order valence-electron chi connectivity index (χ1n) is 5.64. The number of nitrogens with zero attached hydrogens (tertiary/aromatic N) is 1. The molecule has 1 aliphatic rings. The summed E-state index contributed by atoms with van der Waals surface area (Å²) in [7, 11) is 0. The van der Waals surface area contributed by atoms with Gasteiger partial charge in [0.05, 0.1) is 0 Å². The second-order valence-electron chi connectivity index (χ2n) is 4.06. The molecule has 0 aliphatic carbocycles. The van der Waals surface area contributed by atoms with Gasteiger partial charge in [0, 0.05) is 18.8 Å².